The van der Waals surface area contributed by atoms with Gasteiger partial charge < -0.3 is 19.3 Å². The van der Waals surface area contributed by atoms with Gasteiger partial charge in [0.15, 0.2) is 10.1 Å². The van der Waals surface area contributed by atoms with Gasteiger partial charge in [0.1, 0.15) is 0 Å². The molecule has 1 atom stereocenters. The molecule has 0 bridgehead atoms. The van der Waals surface area contributed by atoms with Gasteiger partial charge in [0.2, 0.25) is 5.83 Å². The van der Waals surface area contributed by atoms with E-state index in [-0.39, 0.29) is 0 Å². The molecule has 0 aromatic carbocycles. The number of amides is 1. The number of hydrogen-bond donors (Lipinski definition) is 1. The number of ether oxygens (including phenoxy) is 2. The monoisotopic (exact) mass is 402 g/mol. The van der Waals surface area contributed by atoms with Gasteiger partial charge >= 0.3 is 29.1 Å². The molecule has 0 aliphatic heterocycles. The summed E-state index contributed by atoms with van der Waals surface area (Å²) in [7, 11) is -5.63. The highest BCUT2D eigenvalue weighted by atomic mass is 32.2. The number of alkyl halides is 5. The molecule has 0 heterocycles. The van der Waals surface area contributed by atoms with Gasteiger partial charge in [-0.15, -0.1) is 0 Å². The largest absolute Gasteiger partial charge is 0.743 e. The van der Waals surface area contributed by atoms with Gasteiger partial charge in [-0.1, -0.05) is 6.58 Å². The number of likely N-dealkylation sites (N-methyl/N-ethyl adjacent to an activating group) is 1. The fourth-order valence-electron chi connectivity index (χ4n) is 1.20. The van der Waals surface area contributed by atoms with Crippen LogP contribution < -0.4 is 5.32 Å². The van der Waals surface area contributed by atoms with Gasteiger partial charge in [-0.3, -0.25) is 4.79 Å². The van der Waals surface area contributed by atoms with Gasteiger partial charge in [0, 0.05) is 13.5 Å². The first-order chi connectivity index (χ1) is 11.0. The second kappa shape index (κ2) is 7.57. The second-order valence-electron chi connectivity index (χ2n) is 4.18. The number of hydrogen-bond acceptors (Lipinski definition) is 7. The molecular formula is C10H10F6NO7S-. The Labute approximate surface area is 136 Å². The highest BCUT2D eigenvalue weighted by Gasteiger charge is 2.66. The highest BCUT2D eigenvalue weighted by molar-refractivity contribution is 7.86. The molecule has 0 aliphatic rings. The van der Waals surface area contributed by atoms with E-state index in [1.165, 1.54) is 5.32 Å². The summed E-state index contributed by atoms with van der Waals surface area (Å²) < 4.78 is 116. The lowest BCUT2D eigenvalue weighted by Crippen LogP contribution is -2.61. The smallest absolute Gasteiger partial charge is 0.466 e. The van der Waals surface area contributed by atoms with Gasteiger partial charge in [-0.05, 0) is 0 Å². The summed E-state index contributed by atoms with van der Waals surface area (Å²) in [5, 5.41) is -3.69. The van der Waals surface area contributed by atoms with Crippen molar-refractivity contribution in [3.63, 3.8) is 0 Å². The summed E-state index contributed by atoms with van der Waals surface area (Å²) in [5.41, 5.74) is 0. The normalized spacial score (nSPS) is 15.2. The van der Waals surface area contributed by atoms with Crippen molar-refractivity contribution in [2.75, 3.05) is 13.7 Å². The average molecular weight is 402 g/mol. The predicted molar refractivity (Wildman–Crippen MR) is 64.4 cm³/mol. The Morgan fingerprint density at radius 1 is 1.20 bits per heavy atom. The molecule has 0 saturated heterocycles. The van der Waals surface area contributed by atoms with Crippen molar-refractivity contribution in [3.05, 3.63) is 12.4 Å². The van der Waals surface area contributed by atoms with E-state index in [1.54, 1.807) is 0 Å². The van der Waals surface area contributed by atoms with Crippen LogP contribution in [0.4, 0.5) is 26.3 Å². The molecule has 25 heavy (non-hydrogen) atoms. The maximum Gasteiger partial charge on any atom is 0.466 e. The van der Waals surface area contributed by atoms with Gasteiger partial charge in [-0.2, -0.15) is 26.3 Å². The lowest BCUT2D eigenvalue weighted by molar-refractivity contribution is -0.348. The van der Waals surface area contributed by atoms with Crippen molar-refractivity contribution in [1.82, 2.24) is 5.32 Å². The Morgan fingerprint density at radius 3 is 2.00 bits per heavy atom. The summed E-state index contributed by atoms with van der Waals surface area (Å²) in [5.74, 6) is -11.3. The second-order valence-corrected chi connectivity index (χ2v) is 5.68. The zero-order chi connectivity index (χ0) is 20.3. The van der Waals surface area contributed by atoms with Crippen molar-refractivity contribution in [3.8, 4) is 0 Å². The number of nitrogens with one attached hydrogen (secondary N) is 1. The van der Waals surface area contributed by atoms with Crippen molar-refractivity contribution in [2.24, 2.45) is 0 Å². The molecule has 0 spiro atoms. The highest BCUT2D eigenvalue weighted by Crippen LogP contribution is 2.37. The van der Waals surface area contributed by atoms with Crippen LogP contribution in [0.3, 0.4) is 0 Å². The van der Waals surface area contributed by atoms with E-state index in [0.717, 1.165) is 0 Å². The van der Waals surface area contributed by atoms with Crippen LogP contribution in [0, 0.1) is 0 Å². The van der Waals surface area contributed by atoms with Crippen molar-refractivity contribution < 1.29 is 58.4 Å². The Kier molecular flexibility index (Phi) is 7.00. The molecule has 1 N–H and O–H groups in total. The number of rotatable bonds is 8. The molecule has 0 aromatic heterocycles. The molecule has 0 aliphatic carbocycles. The van der Waals surface area contributed by atoms with Crippen LogP contribution in [-0.2, 0) is 29.2 Å². The Morgan fingerprint density at radius 2 is 1.68 bits per heavy atom. The molecular weight excluding hydrogens is 392 g/mol. The van der Waals surface area contributed by atoms with E-state index in [0.29, 0.717) is 7.05 Å². The van der Waals surface area contributed by atoms with E-state index < -0.39 is 58.1 Å². The third-order valence-electron chi connectivity index (χ3n) is 2.42. The van der Waals surface area contributed by atoms with Gasteiger partial charge in [-0.25, -0.2) is 13.2 Å². The molecule has 1 unspecified atom stereocenters. The Bertz CT molecular complexity index is 647. The number of carbonyl (C=O) groups excluding carboxylic acids is 2. The molecule has 0 rings (SSSR count). The van der Waals surface area contributed by atoms with Crippen LogP contribution in [0.25, 0.3) is 0 Å². The molecule has 8 nitrogen and oxygen atoms in total. The summed E-state index contributed by atoms with van der Waals surface area (Å²) in [6.45, 7) is 0.440. The first kappa shape index (κ1) is 23.1. The van der Waals surface area contributed by atoms with Crippen LogP contribution in [-0.4, -0.2) is 55.7 Å². The summed E-state index contributed by atoms with van der Waals surface area (Å²) in [4.78, 5) is 22.4. The number of carbonyl (C=O) groups is 2. The lowest BCUT2D eigenvalue weighted by Gasteiger charge is -2.33. The molecule has 0 aromatic rings. The lowest BCUT2D eigenvalue weighted by atomic mass is 10.2. The SMILES string of the molecule is C=C(F)C(=O)OC(OCCC(F)(F)S(=O)(=O)[O-])(C(=O)NC)C(F)(F)F. The minimum Gasteiger partial charge on any atom is -0.743 e. The predicted octanol–water partition coefficient (Wildman–Crippen LogP) is 0.562. The van der Waals surface area contributed by atoms with Gasteiger partial charge in [0.25, 0.3) is 0 Å². The van der Waals surface area contributed by atoms with Crippen LogP contribution >= 0.6 is 0 Å². The Balaban J connectivity index is 5.71. The van der Waals surface area contributed by atoms with Crippen LogP contribution in [0.2, 0.25) is 0 Å². The van der Waals surface area contributed by atoms with Crippen molar-refractivity contribution in [1.29, 1.82) is 0 Å². The summed E-state index contributed by atoms with van der Waals surface area (Å²) >= 11 is 0. The molecule has 1 amide bonds. The van der Waals surface area contributed by atoms with E-state index in [4.69, 9.17) is 0 Å². The maximum atomic E-state index is 13.1. The van der Waals surface area contributed by atoms with E-state index >= 15 is 0 Å². The van der Waals surface area contributed by atoms with Crippen LogP contribution in [0.5, 0.6) is 0 Å². The van der Waals surface area contributed by atoms with E-state index in [2.05, 4.69) is 16.1 Å². The van der Waals surface area contributed by atoms with Crippen molar-refractivity contribution in [2.45, 2.75) is 23.6 Å². The van der Waals surface area contributed by atoms with Gasteiger partial charge in [0.05, 0.1) is 6.61 Å². The standard InChI is InChI=1S/C10H11F6NO7S/c1-5(11)6(18)24-9(7(19)17-2,10(14,15)16)23-4-3-8(12,13)25(20,21)22/h1,3-4H2,2H3,(H,17,19)(H,20,21,22)/p-1. The molecule has 0 saturated carbocycles. The first-order valence-corrected chi connectivity index (χ1v) is 7.26. The summed E-state index contributed by atoms with van der Waals surface area (Å²) in [6, 6.07) is 0. The average Bonchev–Trinajstić information content (AvgIpc) is 2.42. The Hall–Kier alpha value is -1.87. The number of esters is 1. The molecule has 0 fully saturated rings. The zero-order valence-electron chi connectivity index (χ0n) is 12.2. The first-order valence-electron chi connectivity index (χ1n) is 5.85. The van der Waals surface area contributed by atoms with Crippen LogP contribution in [0.15, 0.2) is 12.4 Å². The quantitative estimate of drug-likeness (QED) is 0.207. The maximum absolute atomic E-state index is 13.1. The molecule has 146 valence electrons. The third-order valence-corrected chi connectivity index (χ3v) is 3.36. The van der Waals surface area contributed by atoms with E-state index in [1.807, 2.05) is 0 Å². The minimum absolute atomic E-state index is 0.612. The van der Waals surface area contributed by atoms with Crippen molar-refractivity contribution >= 4 is 22.0 Å². The summed E-state index contributed by atoms with van der Waals surface area (Å²) in [6.07, 6.45) is -8.01. The molecule has 15 heteroatoms. The minimum atomic E-state index is -6.24. The fraction of sp³-hybridized carbons (Fsp3) is 0.600. The topological polar surface area (TPSA) is 122 Å². The zero-order valence-corrected chi connectivity index (χ0v) is 13.0. The third kappa shape index (κ3) is 5.30. The van der Waals surface area contributed by atoms with E-state index in [9.17, 15) is 48.9 Å². The number of halogens is 6. The van der Waals surface area contributed by atoms with Crippen LogP contribution in [0.1, 0.15) is 6.42 Å². The fourth-order valence-corrected chi connectivity index (χ4v) is 1.53. The molecule has 0 radical (unpaired) electrons.